The van der Waals surface area contributed by atoms with Crippen molar-refractivity contribution in [1.82, 2.24) is 15.5 Å². The molecule has 1 aliphatic heterocycles. The van der Waals surface area contributed by atoms with Crippen LogP contribution in [0.5, 0.6) is 0 Å². The zero-order chi connectivity index (χ0) is 26.1. The van der Waals surface area contributed by atoms with Gasteiger partial charge < -0.3 is 15.5 Å². The van der Waals surface area contributed by atoms with Gasteiger partial charge in [0.15, 0.2) is 0 Å². The van der Waals surface area contributed by atoms with E-state index in [0.717, 1.165) is 26.1 Å². The van der Waals surface area contributed by atoms with E-state index in [1.807, 2.05) is 0 Å². The molecule has 3 rings (SSSR count). The van der Waals surface area contributed by atoms with Crippen LogP contribution in [-0.4, -0.2) is 41.6 Å². The van der Waals surface area contributed by atoms with E-state index in [0.29, 0.717) is 0 Å². The minimum Gasteiger partial charge on any atom is -0.338 e. The molecule has 2 saturated carbocycles. The van der Waals surface area contributed by atoms with Crippen molar-refractivity contribution in [3.63, 3.8) is 0 Å². The Kier molecular flexibility index (Phi) is 14.8. The maximum absolute atomic E-state index is 13.2. The minimum absolute atomic E-state index is 0.180. The molecule has 0 unspecified atom stereocenters. The maximum atomic E-state index is 13.2. The van der Waals surface area contributed by atoms with Crippen molar-refractivity contribution in [2.75, 3.05) is 19.6 Å². The number of amides is 2. The molecule has 3 aliphatic rings. The van der Waals surface area contributed by atoms with Crippen LogP contribution in [0.4, 0.5) is 4.79 Å². The van der Waals surface area contributed by atoms with E-state index in [4.69, 9.17) is 0 Å². The van der Waals surface area contributed by atoms with E-state index in [1.54, 1.807) is 0 Å². The summed E-state index contributed by atoms with van der Waals surface area (Å²) in [5.74, 6) is 0. The van der Waals surface area contributed by atoms with Gasteiger partial charge in [0, 0.05) is 30.7 Å². The first kappa shape index (κ1) is 30.8. The average Bonchev–Trinajstić information content (AvgIpc) is 2.90. The number of unbranched alkanes of at least 4 members (excludes halogenated alkanes) is 15. The smallest absolute Gasteiger partial charge is 0.317 e. The highest BCUT2D eigenvalue weighted by Crippen LogP contribution is 2.39. The van der Waals surface area contributed by atoms with Crippen molar-refractivity contribution in [3.8, 4) is 0 Å². The molecule has 3 fully saturated rings. The lowest BCUT2D eigenvalue weighted by molar-refractivity contribution is 0.0224. The number of nitrogens with zero attached hydrogens (tertiary/aromatic N) is 1. The number of carbonyl (C=O) groups is 1. The molecule has 216 valence electrons. The molecule has 2 amide bonds. The summed E-state index contributed by atoms with van der Waals surface area (Å²) in [6.07, 6.45) is 35.2. The number of piperazine rings is 1. The fourth-order valence-electron chi connectivity index (χ4n) is 7.58. The standard InChI is InChI=1S/C33H63N3O/c1-2-3-4-5-6-7-8-9-10-11-12-13-14-15-16-23-28-34-31(37)36-29-32(24-19-17-20-25-32)35-33(30-36)26-21-18-22-27-33/h35H,2-30H2,1H3,(H,34,37). The Bertz CT molecular complexity index is 568. The minimum atomic E-state index is 0.180. The molecule has 1 saturated heterocycles. The van der Waals surface area contributed by atoms with Crippen LogP contribution in [0.3, 0.4) is 0 Å². The third-order valence-corrected chi connectivity index (χ3v) is 9.73. The van der Waals surface area contributed by atoms with Gasteiger partial charge in [0.2, 0.25) is 0 Å². The third-order valence-electron chi connectivity index (χ3n) is 9.73. The lowest BCUT2D eigenvalue weighted by atomic mass is 9.72. The Balaban J connectivity index is 1.19. The van der Waals surface area contributed by atoms with Gasteiger partial charge >= 0.3 is 6.03 Å². The normalized spacial score (nSPS) is 20.9. The molecular formula is C33H63N3O. The molecule has 2 spiro atoms. The van der Waals surface area contributed by atoms with Gasteiger partial charge in [0.25, 0.3) is 0 Å². The lowest BCUT2D eigenvalue weighted by Crippen LogP contribution is -2.73. The lowest BCUT2D eigenvalue weighted by Gasteiger charge is -2.56. The SMILES string of the molecule is CCCCCCCCCCCCCCCCCCNC(=O)N1CC2(CCCCC2)NC2(CCCCC2)C1. The summed E-state index contributed by atoms with van der Waals surface area (Å²) >= 11 is 0. The topological polar surface area (TPSA) is 44.4 Å². The van der Waals surface area contributed by atoms with Crippen LogP contribution in [-0.2, 0) is 0 Å². The van der Waals surface area contributed by atoms with Gasteiger partial charge in [-0.3, -0.25) is 0 Å². The van der Waals surface area contributed by atoms with Crippen LogP contribution >= 0.6 is 0 Å². The van der Waals surface area contributed by atoms with Crippen molar-refractivity contribution in [2.45, 2.75) is 185 Å². The predicted octanol–water partition coefficient (Wildman–Crippen LogP) is 9.27. The molecule has 37 heavy (non-hydrogen) atoms. The fraction of sp³-hybridized carbons (Fsp3) is 0.970. The molecule has 1 heterocycles. The van der Waals surface area contributed by atoms with Crippen molar-refractivity contribution >= 4 is 6.03 Å². The van der Waals surface area contributed by atoms with Crippen LogP contribution in [0.2, 0.25) is 0 Å². The van der Waals surface area contributed by atoms with Gasteiger partial charge in [-0.2, -0.15) is 0 Å². The van der Waals surface area contributed by atoms with E-state index in [2.05, 4.69) is 22.5 Å². The van der Waals surface area contributed by atoms with E-state index >= 15 is 0 Å². The van der Waals surface area contributed by atoms with Crippen molar-refractivity contribution in [2.24, 2.45) is 0 Å². The first-order valence-corrected chi connectivity index (χ1v) is 17.0. The van der Waals surface area contributed by atoms with E-state index in [1.165, 1.54) is 161 Å². The maximum Gasteiger partial charge on any atom is 0.317 e. The van der Waals surface area contributed by atoms with E-state index < -0.39 is 0 Å². The van der Waals surface area contributed by atoms with E-state index in [9.17, 15) is 4.79 Å². The number of urea groups is 1. The van der Waals surface area contributed by atoms with Crippen LogP contribution in [0, 0.1) is 0 Å². The second kappa shape index (κ2) is 17.7. The zero-order valence-electron chi connectivity index (χ0n) is 24.9. The van der Waals surface area contributed by atoms with Gasteiger partial charge in [0.1, 0.15) is 0 Å². The summed E-state index contributed by atoms with van der Waals surface area (Å²) in [4.78, 5) is 15.4. The summed E-state index contributed by atoms with van der Waals surface area (Å²) in [5.41, 5.74) is 0.360. The Hall–Kier alpha value is -0.770. The Morgan fingerprint density at radius 3 is 1.38 bits per heavy atom. The van der Waals surface area contributed by atoms with Gasteiger partial charge in [-0.15, -0.1) is 0 Å². The molecule has 0 aromatic rings. The van der Waals surface area contributed by atoms with Crippen LogP contribution < -0.4 is 10.6 Å². The van der Waals surface area contributed by atoms with E-state index in [-0.39, 0.29) is 17.1 Å². The Morgan fingerprint density at radius 2 is 0.973 bits per heavy atom. The first-order valence-electron chi connectivity index (χ1n) is 17.0. The number of hydrogen-bond acceptors (Lipinski definition) is 2. The van der Waals surface area contributed by atoms with Crippen molar-refractivity contribution in [3.05, 3.63) is 0 Å². The summed E-state index contributed by atoms with van der Waals surface area (Å²) in [7, 11) is 0. The summed E-state index contributed by atoms with van der Waals surface area (Å²) in [5, 5.41) is 7.48. The molecule has 2 aliphatic carbocycles. The summed E-state index contributed by atoms with van der Waals surface area (Å²) in [6.45, 7) is 4.98. The molecule has 0 aromatic carbocycles. The molecule has 0 aromatic heterocycles. The van der Waals surface area contributed by atoms with Crippen molar-refractivity contribution in [1.29, 1.82) is 0 Å². The molecule has 0 atom stereocenters. The quantitative estimate of drug-likeness (QED) is 0.189. The average molecular weight is 518 g/mol. The number of rotatable bonds is 17. The number of hydrogen-bond donors (Lipinski definition) is 2. The number of nitrogens with one attached hydrogen (secondary N) is 2. The Morgan fingerprint density at radius 1 is 0.595 bits per heavy atom. The van der Waals surface area contributed by atoms with Gasteiger partial charge in [-0.1, -0.05) is 142 Å². The monoisotopic (exact) mass is 517 g/mol. The van der Waals surface area contributed by atoms with Crippen LogP contribution in [0.25, 0.3) is 0 Å². The largest absolute Gasteiger partial charge is 0.338 e. The molecule has 0 radical (unpaired) electrons. The zero-order valence-corrected chi connectivity index (χ0v) is 24.9. The third kappa shape index (κ3) is 11.5. The van der Waals surface area contributed by atoms with Gasteiger partial charge in [0.05, 0.1) is 0 Å². The fourth-order valence-corrected chi connectivity index (χ4v) is 7.58. The summed E-state index contributed by atoms with van der Waals surface area (Å²) in [6, 6.07) is 0.206. The second-order valence-corrected chi connectivity index (χ2v) is 13.2. The van der Waals surface area contributed by atoms with Gasteiger partial charge in [-0.05, 0) is 32.1 Å². The van der Waals surface area contributed by atoms with Crippen molar-refractivity contribution < 1.29 is 4.79 Å². The molecule has 4 nitrogen and oxygen atoms in total. The molecule has 4 heteroatoms. The predicted molar refractivity (Wildman–Crippen MR) is 159 cm³/mol. The van der Waals surface area contributed by atoms with Crippen LogP contribution in [0.1, 0.15) is 174 Å². The highest BCUT2D eigenvalue weighted by atomic mass is 16.2. The molecule has 0 bridgehead atoms. The Labute approximate surface area is 230 Å². The molecule has 2 N–H and O–H groups in total. The first-order chi connectivity index (χ1) is 18.2. The molecular weight excluding hydrogens is 454 g/mol. The number of carbonyl (C=O) groups excluding carboxylic acids is 1. The highest BCUT2D eigenvalue weighted by Gasteiger charge is 2.48. The van der Waals surface area contributed by atoms with Crippen LogP contribution in [0.15, 0.2) is 0 Å². The summed E-state index contributed by atoms with van der Waals surface area (Å²) < 4.78 is 0. The van der Waals surface area contributed by atoms with Gasteiger partial charge in [-0.25, -0.2) is 4.79 Å². The second-order valence-electron chi connectivity index (χ2n) is 13.2. The highest BCUT2D eigenvalue weighted by molar-refractivity contribution is 5.74.